The normalized spacial score (nSPS) is 18.2. The first kappa shape index (κ1) is 17.2. The fourth-order valence-electron chi connectivity index (χ4n) is 2.27. The standard InChI is InChI=1S/C14H20ClN3O3S/c1-11(14(19)18-9-7-17(2)8-10-18)16-22(20,21)13-5-3-12(15)4-6-13/h3-6,11,16H,7-10H2,1-2H3/t11-/m0/s1. The summed E-state index contributed by atoms with van der Waals surface area (Å²) in [5.41, 5.74) is 0. The van der Waals surface area contributed by atoms with Crippen LogP contribution in [-0.4, -0.2) is 63.4 Å². The van der Waals surface area contributed by atoms with Crippen LogP contribution in [0.1, 0.15) is 6.92 Å². The van der Waals surface area contributed by atoms with Gasteiger partial charge in [0.05, 0.1) is 10.9 Å². The van der Waals surface area contributed by atoms with E-state index in [-0.39, 0.29) is 10.8 Å². The van der Waals surface area contributed by atoms with Gasteiger partial charge in [0.2, 0.25) is 15.9 Å². The summed E-state index contributed by atoms with van der Waals surface area (Å²) in [5, 5.41) is 0.459. The van der Waals surface area contributed by atoms with Crippen LogP contribution >= 0.6 is 11.6 Å². The second-order valence-electron chi connectivity index (χ2n) is 5.43. The summed E-state index contributed by atoms with van der Waals surface area (Å²) in [5.74, 6) is -0.203. The van der Waals surface area contributed by atoms with Gasteiger partial charge in [-0.05, 0) is 38.2 Å². The molecule has 1 atom stereocenters. The maximum Gasteiger partial charge on any atom is 0.241 e. The van der Waals surface area contributed by atoms with E-state index in [9.17, 15) is 13.2 Å². The van der Waals surface area contributed by atoms with Gasteiger partial charge in [-0.15, -0.1) is 0 Å². The third-order valence-corrected chi connectivity index (χ3v) is 5.45. The topological polar surface area (TPSA) is 69.7 Å². The monoisotopic (exact) mass is 345 g/mol. The molecule has 0 unspecified atom stereocenters. The third kappa shape index (κ3) is 4.19. The van der Waals surface area contributed by atoms with Crippen molar-refractivity contribution in [1.82, 2.24) is 14.5 Å². The van der Waals surface area contributed by atoms with Crippen LogP contribution in [0.15, 0.2) is 29.2 Å². The van der Waals surface area contributed by atoms with Gasteiger partial charge in [-0.1, -0.05) is 11.6 Å². The van der Waals surface area contributed by atoms with Gasteiger partial charge < -0.3 is 9.80 Å². The molecule has 0 spiro atoms. The van der Waals surface area contributed by atoms with E-state index in [1.54, 1.807) is 11.8 Å². The number of piperazine rings is 1. The van der Waals surface area contributed by atoms with Crippen molar-refractivity contribution in [2.45, 2.75) is 17.9 Å². The Morgan fingerprint density at radius 3 is 2.27 bits per heavy atom. The molecule has 2 rings (SSSR count). The van der Waals surface area contributed by atoms with Crippen LogP contribution in [0.4, 0.5) is 0 Å². The van der Waals surface area contributed by atoms with Crippen LogP contribution in [0.3, 0.4) is 0 Å². The minimum Gasteiger partial charge on any atom is -0.339 e. The maximum absolute atomic E-state index is 12.3. The average molecular weight is 346 g/mol. The second-order valence-corrected chi connectivity index (χ2v) is 7.58. The molecule has 1 aliphatic heterocycles. The number of likely N-dealkylation sites (N-methyl/N-ethyl adjacent to an activating group) is 1. The molecular formula is C14H20ClN3O3S. The van der Waals surface area contributed by atoms with Crippen LogP contribution in [0.5, 0.6) is 0 Å². The van der Waals surface area contributed by atoms with Crippen molar-refractivity contribution in [3.63, 3.8) is 0 Å². The van der Waals surface area contributed by atoms with Crippen molar-refractivity contribution >= 4 is 27.5 Å². The molecule has 1 aromatic carbocycles. The summed E-state index contributed by atoms with van der Waals surface area (Å²) in [7, 11) is -1.74. The number of nitrogens with one attached hydrogen (secondary N) is 1. The van der Waals surface area contributed by atoms with Gasteiger partial charge >= 0.3 is 0 Å². The van der Waals surface area contributed by atoms with Gasteiger partial charge in [-0.25, -0.2) is 8.42 Å². The van der Waals surface area contributed by atoms with Crippen molar-refractivity contribution in [1.29, 1.82) is 0 Å². The molecule has 1 fully saturated rings. The largest absolute Gasteiger partial charge is 0.339 e. The number of benzene rings is 1. The molecule has 1 aliphatic rings. The first-order valence-corrected chi connectivity index (χ1v) is 8.91. The fourth-order valence-corrected chi connectivity index (χ4v) is 3.59. The van der Waals surface area contributed by atoms with E-state index in [1.165, 1.54) is 24.3 Å². The van der Waals surface area contributed by atoms with E-state index in [0.717, 1.165) is 13.1 Å². The zero-order valence-electron chi connectivity index (χ0n) is 12.6. The van der Waals surface area contributed by atoms with Gasteiger partial charge in [0.25, 0.3) is 0 Å². The predicted molar refractivity (Wildman–Crippen MR) is 85.3 cm³/mol. The summed E-state index contributed by atoms with van der Waals surface area (Å²) in [4.78, 5) is 16.2. The smallest absolute Gasteiger partial charge is 0.241 e. The third-order valence-electron chi connectivity index (χ3n) is 3.64. The molecule has 122 valence electrons. The number of carbonyl (C=O) groups is 1. The van der Waals surface area contributed by atoms with E-state index >= 15 is 0 Å². The van der Waals surface area contributed by atoms with E-state index in [1.807, 2.05) is 7.05 Å². The number of hydrogen-bond donors (Lipinski definition) is 1. The lowest BCUT2D eigenvalue weighted by Crippen LogP contribution is -2.53. The summed E-state index contributed by atoms with van der Waals surface area (Å²) in [6.07, 6.45) is 0. The maximum atomic E-state index is 12.3. The Bertz CT molecular complexity index is 625. The Morgan fingerprint density at radius 1 is 1.18 bits per heavy atom. The van der Waals surface area contributed by atoms with E-state index in [2.05, 4.69) is 9.62 Å². The van der Waals surface area contributed by atoms with Crippen molar-refractivity contribution in [2.24, 2.45) is 0 Å². The van der Waals surface area contributed by atoms with Gasteiger partial charge in [0.1, 0.15) is 0 Å². The number of halogens is 1. The molecule has 1 amide bonds. The molecule has 1 N–H and O–H groups in total. The molecule has 8 heteroatoms. The lowest BCUT2D eigenvalue weighted by Gasteiger charge is -2.34. The van der Waals surface area contributed by atoms with E-state index in [4.69, 9.17) is 11.6 Å². The first-order chi connectivity index (χ1) is 10.3. The zero-order valence-corrected chi connectivity index (χ0v) is 14.2. The van der Waals surface area contributed by atoms with Gasteiger partial charge in [0.15, 0.2) is 0 Å². The van der Waals surface area contributed by atoms with Crippen LogP contribution in [0.25, 0.3) is 0 Å². The van der Waals surface area contributed by atoms with E-state index in [0.29, 0.717) is 18.1 Å². The Hall–Kier alpha value is -1.15. The van der Waals surface area contributed by atoms with Crippen molar-refractivity contribution < 1.29 is 13.2 Å². The molecule has 1 heterocycles. The molecule has 0 bridgehead atoms. The molecular weight excluding hydrogens is 326 g/mol. The Morgan fingerprint density at radius 2 is 1.73 bits per heavy atom. The van der Waals surface area contributed by atoms with Gasteiger partial charge in [-0.2, -0.15) is 4.72 Å². The molecule has 0 saturated carbocycles. The highest BCUT2D eigenvalue weighted by Gasteiger charge is 2.27. The molecule has 0 aliphatic carbocycles. The highest BCUT2D eigenvalue weighted by Crippen LogP contribution is 2.14. The van der Waals surface area contributed by atoms with Crippen LogP contribution < -0.4 is 4.72 Å². The van der Waals surface area contributed by atoms with Crippen LogP contribution in [-0.2, 0) is 14.8 Å². The number of carbonyl (C=O) groups excluding carboxylic acids is 1. The molecule has 0 radical (unpaired) electrons. The van der Waals surface area contributed by atoms with Crippen LogP contribution in [0.2, 0.25) is 5.02 Å². The summed E-state index contributed by atoms with van der Waals surface area (Å²) >= 11 is 5.75. The molecule has 0 aromatic heterocycles. The predicted octanol–water partition coefficient (Wildman–Crippen LogP) is 0.781. The molecule has 1 saturated heterocycles. The second kappa shape index (κ2) is 6.95. The Kier molecular flexibility index (Phi) is 5.44. The lowest BCUT2D eigenvalue weighted by atomic mass is 10.2. The van der Waals surface area contributed by atoms with Crippen molar-refractivity contribution in [3.05, 3.63) is 29.3 Å². The Labute approximate surface area is 136 Å². The quantitative estimate of drug-likeness (QED) is 0.875. The number of hydrogen-bond acceptors (Lipinski definition) is 4. The zero-order chi connectivity index (χ0) is 16.3. The average Bonchev–Trinajstić information content (AvgIpc) is 2.47. The molecule has 6 nitrogen and oxygen atoms in total. The summed E-state index contributed by atoms with van der Waals surface area (Å²) in [6, 6.07) is 5.03. The number of amides is 1. The van der Waals surface area contributed by atoms with Gasteiger partial charge in [0, 0.05) is 31.2 Å². The lowest BCUT2D eigenvalue weighted by molar-refractivity contribution is -0.134. The summed E-state index contributed by atoms with van der Waals surface area (Å²) < 4.78 is 26.9. The minimum atomic E-state index is -3.74. The number of rotatable bonds is 4. The van der Waals surface area contributed by atoms with E-state index < -0.39 is 16.1 Å². The number of nitrogens with zero attached hydrogens (tertiary/aromatic N) is 2. The SMILES string of the molecule is C[C@H](NS(=O)(=O)c1ccc(Cl)cc1)C(=O)N1CCN(C)CC1. The Balaban J connectivity index is 2.02. The highest BCUT2D eigenvalue weighted by atomic mass is 35.5. The number of sulfonamides is 1. The fraction of sp³-hybridized carbons (Fsp3) is 0.500. The van der Waals surface area contributed by atoms with Crippen LogP contribution in [0, 0.1) is 0 Å². The van der Waals surface area contributed by atoms with Gasteiger partial charge in [-0.3, -0.25) is 4.79 Å². The molecule has 22 heavy (non-hydrogen) atoms. The first-order valence-electron chi connectivity index (χ1n) is 7.05. The molecule has 1 aromatic rings. The minimum absolute atomic E-state index is 0.0925. The summed E-state index contributed by atoms with van der Waals surface area (Å²) in [6.45, 7) is 4.38. The van der Waals surface area contributed by atoms with Crippen molar-refractivity contribution in [2.75, 3.05) is 33.2 Å². The highest BCUT2D eigenvalue weighted by molar-refractivity contribution is 7.89. The van der Waals surface area contributed by atoms with Crippen molar-refractivity contribution in [3.8, 4) is 0 Å².